The summed E-state index contributed by atoms with van der Waals surface area (Å²) >= 11 is 0. The monoisotopic (exact) mass is 358 g/mol. The smallest absolute Gasteiger partial charge is 0.292 e. The van der Waals surface area contributed by atoms with Crippen LogP contribution < -0.4 is 10.1 Å². The SMILES string of the molecule is N#Cc1ccccc1COc1ccc2[nH]nc(NC(=O)c3ccco3)c2c1. The summed E-state index contributed by atoms with van der Waals surface area (Å²) in [5.74, 6) is 0.800. The van der Waals surface area contributed by atoms with Crippen molar-refractivity contribution in [3.8, 4) is 11.8 Å². The van der Waals surface area contributed by atoms with Crippen LogP contribution in [-0.4, -0.2) is 16.1 Å². The summed E-state index contributed by atoms with van der Waals surface area (Å²) in [4.78, 5) is 12.2. The van der Waals surface area contributed by atoms with Gasteiger partial charge in [-0.3, -0.25) is 9.89 Å². The molecule has 4 aromatic rings. The van der Waals surface area contributed by atoms with Crippen LogP contribution in [0.25, 0.3) is 10.9 Å². The van der Waals surface area contributed by atoms with Crippen LogP contribution >= 0.6 is 0 Å². The number of ether oxygens (including phenoxy) is 1. The normalized spacial score (nSPS) is 10.5. The molecule has 0 aliphatic carbocycles. The molecule has 0 saturated heterocycles. The standard InChI is InChI=1S/C20H14N4O3/c21-11-13-4-1-2-5-14(13)12-27-15-7-8-17-16(10-15)19(24-23-17)22-20(25)18-6-3-9-26-18/h1-10H,12H2,(H2,22,23,24,25). The highest BCUT2D eigenvalue weighted by atomic mass is 16.5. The van der Waals surface area contributed by atoms with Crippen molar-refractivity contribution >= 4 is 22.6 Å². The van der Waals surface area contributed by atoms with E-state index in [0.29, 0.717) is 22.5 Å². The Balaban J connectivity index is 1.55. The summed E-state index contributed by atoms with van der Waals surface area (Å²) in [7, 11) is 0. The van der Waals surface area contributed by atoms with E-state index in [9.17, 15) is 4.79 Å². The van der Waals surface area contributed by atoms with Gasteiger partial charge in [-0.1, -0.05) is 18.2 Å². The zero-order chi connectivity index (χ0) is 18.6. The number of H-pyrrole nitrogens is 1. The first-order chi connectivity index (χ1) is 13.2. The number of carbonyl (C=O) groups is 1. The Morgan fingerprint density at radius 3 is 2.93 bits per heavy atom. The Morgan fingerprint density at radius 2 is 2.11 bits per heavy atom. The number of anilines is 1. The number of furan rings is 1. The fourth-order valence-corrected chi connectivity index (χ4v) is 2.67. The number of carbonyl (C=O) groups excluding carboxylic acids is 1. The average molecular weight is 358 g/mol. The van der Waals surface area contributed by atoms with Crippen molar-refractivity contribution in [2.75, 3.05) is 5.32 Å². The predicted molar refractivity (Wildman–Crippen MR) is 98.2 cm³/mol. The second-order valence-electron chi connectivity index (χ2n) is 5.77. The van der Waals surface area contributed by atoms with E-state index in [2.05, 4.69) is 21.6 Å². The fourth-order valence-electron chi connectivity index (χ4n) is 2.67. The number of fused-ring (bicyclic) bond motifs is 1. The van der Waals surface area contributed by atoms with Gasteiger partial charge in [0.1, 0.15) is 12.4 Å². The van der Waals surface area contributed by atoms with E-state index in [1.54, 1.807) is 30.3 Å². The van der Waals surface area contributed by atoms with Gasteiger partial charge in [-0.2, -0.15) is 10.4 Å². The van der Waals surface area contributed by atoms with Crippen LogP contribution in [0.1, 0.15) is 21.7 Å². The van der Waals surface area contributed by atoms with Gasteiger partial charge in [0.05, 0.1) is 23.4 Å². The van der Waals surface area contributed by atoms with Gasteiger partial charge in [-0.15, -0.1) is 0 Å². The minimum Gasteiger partial charge on any atom is -0.489 e. The third-order valence-electron chi connectivity index (χ3n) is 4.04. The number of nitrogens with one attached hydrogen (secondary N) is 2. The maximum Gasteiger partial charge on any atom is 0.292 e. The molecule has 7 nitrogen and oxygen atoms in total. The molecule has 0 atom stereocenters. The van der Waals surface area contributed by atoms with Gasteiger partial charge >= 0.3 is 0 Å². The maximum atomic E-state index is 12.2. The van der Waals surface area contributed by atoms with Crippen molar-refractivity contribution in [2.45, 2.75) is 6.61 Å². The molecule has 4 rings (SSSR count). The number of hydrogen-bond donors (Lipinski definition) is 2. The highest BCUT2D eigenvalue weighted by molar-refractivity contribution is 6.06. The minimum atomic E-state index is -0.386. The second kappa shape index (κ2) is 7.06. The van der Waals surface area contributed by atoms with Gasteiger partial charge in [0.25, 0.3) is 5.91 Å². The second-order valence-corrected chi connectivity index (χ2v) is 5.77. The molecule has 0 aliphatic rings. The van der Waals surface area contributed by atoms with Crippen LogP contribution in [0.2, 0.25) is 0 Å². The minimum absolute atomic E-state index is 0.201. The molecule has 7 heteroatoms. The molecule has 0 bridgehead atoms. The van der Waals surface area contributed by atoms with E-state index >= 15 is 0 Å². The highest BCUT2D eigenvalue weighted by Gasteiger charge is 2.14. The first kappa shape index (κ1) is 16.4. The van der Waals surface area contributed by atoms with Crippen molar-refractivity contribution in [3.63, 3.8) is 0 Å². The Bertz CT molecular complexity index is 1140. The maximum absolute atomic E-state index is 12.2. The summed E-state index contributed by atoms with van der Waals surface area (Å²) in [6.07, 6.45) is 1.43. The van der Waals surface area contributed by atoms with Crippen molar-refractivity contribution in [3.05, 3.63) is 77.7 Å². The molecule has 2 heterocycles. The van der Waals surface area contributed by atoms with E-state index in [-0.39, 0.29) is 18.3 Å². The fraction of sp³-hybridized carbons (Fsp3) is 0.0500. The van der Waals surface area contributed by atoms with E-state index in [0.717, 1.165) is 11.1 Å². The Hall–Kier alpha value is -4.05. The van der Waals surface area contributed by atoms with Crippen LogP contribution in [0.3, 0.4) is 0 Å². The van der Waals surface area contributed by atoms with E-state index < -0.39 is 0 Å². The summed E-state index contributed by atoms with van der Waals surface area (Å²) in [6.45, 7) is 0.265. The molecule has 2 N–H and O–H groups in total. The molecular weight excluding hydrogens is 344 g/mol. The lowest BCUT2D eigenvalue weighted by Crippen LogP contribution is -2.11. The van der Waals surface area contributed by atoms with Crippen LogP contribution in [0.4, 0.5) is 5.82 Å². The van der Waals surface area contributed by atoms with Gasteiger partial charge < -0.3 is 14.5 Å². The number of benzene rings is 2. The zero-order valence-corrected chi connectivity index (χ0v) is 14.1. The number of nitriles is 1. The van der Waals surface area contributed by atoms with Gasteiger partial charge in [0.15, 0.2) is 11.6 Å². The largest absolute Gasteiger partial charge is 0.489 e. The molecule has 27 heavy (non-hydrogen) atoms. The summed E-state index contributed by atoms with van der Waals surface area (Å²) in [5.41, 5.74) is 2.14. The number of aromatic amines is 1. The number of aromatic nitrogens is 2. The van der Waals surface area contributed by atoms with Crippen molar-refractivity contribution in [1.29, 1.82) is 5.26 Å². The van der Waals surface area contributed by atoms with Gasteiger partial charge in [0.2, 0.25) is 0 Å². The van der Waals surface area contributed by atoms with Crippen molar-refractivity contribution in [2.24, 2.45) is 0 Å². The van der Waals surface area contributed by atoms with Crippen LogP contribution in [0, 0.1) is 11.3 Å². The average Bonchev–Trinajstić information content (AvgIpc) is 3.37. The van der Waals surface area contributed by atoms with Crippen LogP contribution in [0.5, 0.6) is 5.75 Å². The lowest BCUT2D eigenvalue weighted by molar-refractivity contribution is 0.0996. The summed E-state index contributed by atoms with van der Waals surface area (Å²) in [5, 5.41) is 19.6. The molecule has 0 fully saturated rings. The lowest BCUT2D eigenvalue weighted by Gasteiger charge is -2.08. The Kier molecular flexibility index (Phi) is 4.29. The first-order valence-corrected chi connectivity index (χ1v) is 8.18. The Labute approximate surface area is 154 Å². The molecule has 0 saturated carbocycles. The van der Waals surface area contributed by atoms with Gasteiger partial charge in [0, 0.05) is 10.9 Å². The lowest BCUT2D eigenvalue weighted by atomic mass is 10.1. The highest BCUT2D eigenvalue weighted by Crippen LogP contribution is 2.26. The van der Waals surface area contributed by atoms with Gasteiger partial charge in [-0.25, -0.2) is 0 Å². The molecular formula is C20H14N4O3. The zero-order valence-electron chi connectivity index (χ0n) is 14.1. The van der Waals surface area contributed by atoms with Gasteiger partial charge in [-0.05, 0) is 36.4 Å². The predicted octanol–water partition coefficient (Wildman–Crippen LogP) is 3.86. The first-order valence-electron chi connectivity index (χ1n) is 8.18. The molecule has 0 unspecified atom stereocenters. The van der Waals surface area contributed by atoms with Crippen molar-refractivity contribution in [1.82, 2.24) is 10.2 Å². The summed E-state index contributed by atoms with van der Waals surface area (Å²) in [6, 6.07) is 18.0. The van der Waals surface area contributed by atoms with E-state index in [4.69, 9.17) is 14.4 Å². The third-order valence-corrected chi connectivity index (χ3v) is 4.04. The van der Waals surface area contributed by atoms with E-state index in [1.807, 2.05) is 24.3 Å². The van der Waals surface area contributed by atoms with E-state index in [1.165, 1.54) is 6.26 Å². The molecule has 0 aliphatic heterocycles. The number of rotatable bonds is 5. The molecule has 2 aromatic carbocycles. The van der Waals surface area contributed by atoms with Crippen LogP contribution in [0.15, 0.2) is 65.3 Å². The topological polar surface area (TPSA) is 104 Å². The number of nitrogens with zero attached hydrogens (tertiary/aromatic N) is 2. The molecule has 1 amide bonds. The summed E-state index contributed by atoms with van der Waals surface area (Å²) < 4.78 is 10.9. The number of amides is 1. The van der Waals surface area contributed by atoms with Crippen molar-refractivity contribution < 1.29 is 13.9 Å². The quantitative estimate of drug-likeness (QED) is 0.564. The number of hydrogen-bond acceptors (Lipinski definition) is 5. The molecule has 0 spiro atoms. The Morgan fingerprint density at radius 1 is 1.22 bits per heavy atom. The molecule has 0 radical (unpaired) electrons. The molecule has 2 aromatic heterocycles. The molecule has 132 valence electrons. The third kappa shape index (κ3) is 3.37. The van der Waals surface area contributed by atoms with Crippen LogP contribution in [-0.2, 0) is 6.61 Å².